The average molecular weight is 439 g/mol. The third kappa shape index (κ3) is 3.90. The summed E-state index contributed by atoms with van der Waals surface area (Å²) in [6.45, 7) is 0.152. The van der Waals surface area contributed by atoms with Crippen molar-refractivity contribution in [3.63, 3.8) is 0 Å². The Balaban J connectivity index is 1.41. The van der Waals surface area contributed by atoms with E-state index in [0.717, 1.165) is 5.56 Å². The molecule has 0 saturated heterocycles. The van der Waals surface area contributed by atoms with Gasteiger partial charge in [0.15, 0.2) is 28.8 Å². The molecule has 0 fully saturated rings. The smallest absolute Gasteiger partial charge is 0.454 e. The highest BCUT2D eigenvalue weighted by atomic mass is 31.2. The van der Waals surface area contributed by atoms with Gasteiger partial charge in [-0.25, -0.2) is 9.36 Å². The van der Waals surface area contributed by atoms with E-state index in [2.05, 4.69) is 5.32 Å². The van der Waals surface area contributed by atoms with Gasteiger partial charge < -0.3 is 28.6 Å². The molecule has 3 aromatic carbocycles. The van der Waals surface area contributed by atoms with Gasteiger partial charge in [-0.3, -0.25) is 0 Å². The van der Waals surface area contributed by atoms with Gasteiger partial charge in [-0.15, -0.1) is 0 Å². The van der Waals surface area contributed by atoms with Crippen LogP contribution in [-0.4, -0.2) is 12.9 Å². The summed E-state index contributed by atoms with van der Waals surface area (Å²) in [4.78, 5) is 12.6. The molecule has 158 valence electrons. The first-order chi connectivity index (χ1) is 15.1. The number of hydrogen-bond acceptors (Lipinski definition) is 7. The van der Waals surface area contributed by atoms with E-state index in [4.69, 9.17) is 23.3 Å². The molecular weight excluding hydrogens is 421 g/mol. The lowest BCUT2D eigenvalue weighted by molar-refractivity contribution is 0.137. The highest BCUT2D eigenvalue weighted by Crippen LogP contribution is 2.65. The van der Waals surface area contributed by atoms with Gasteiger partial charge in [0.05, 0.1) is 0 Å². The fourth-order valence-corrected chi connectivity index (χ4v) is 5.19. The van der Waals surface area contributed by atoms with Gasteiger partial charge in [0.2, 0.25) is 6.79 Å². The van der Waals surface area contributed by atoms with E-state index in [0.29, 0.717) is 28.6 Å². The number of carbonyl (C=O) groups is 1. The minimum Gasteiger partial charge on any atom is -0.454 e. The highest BCUT2D eigenvalue weighted by Gasteiger charge is 2.47. The zero-order valence-electron chi connectivity index (χ0n) is 16.2. The predicted octanol–water partition coefficient (Wildman–Crippen LogP) is 5.00. The third-order valence-corrected chi connectivity index (χ3v) is 6.76. The van der Waals surface area contributed by atoms with Crippen LogP contribution in [0.4, 0.5) is 4.79 Å². The second kappa shape index (κ2) is 7.89. The Morgan fingerprint density at radius 3 is 2.32 bits per heavy atom. The Labute approximate surface area is 178 Å². The molecule has 0 saturated carbocycles. The summed E-state index contributed by atoms with van der Waals surface area (Å²) in [7, 11) is -3.87. The molecule has 5 rings (SSSR count). The van der Waals surface area contributed by atoms with Gasteiger partial charge in [0.25, 0.3) is 0 Å². The van der Waals surface area contributed by atoms with Gasteiger partial charge in [-0.05, 0) is 35.4 Å². The molecule has 31 heavy (non-hydrogen) atoms. The van der Waals surface area contributed by atoms with Gasteiger partial charge in [-0.2, -0.15) is 0 Å². The minimum absolute atomic E-state index is 0.0623. The number of ether oxygens (including phenoxy) is 3. The summed E-state index contributed by atoms with van der Waals surface area (Å²) in [5.74, 6) is 0.596. The second-order valence-corrected chi connectivity index (χ2v) is 8.85. The molecule has 0 bridgehead atoms. The molecule has 1 unspecified atom stereocenters. The molecular formula is C22H18NO7P. The Morgan fingerprint density at radius 1 is 0.903 bits per heavy atom. The maximum absolute atomic E-state index is 13.7. The SMILES string of the molecule is O=C(NC(c1ccc2c(c1)OCO2)P1(=O)Oc2ccccc2O1)OCc1ccccc1. The van der Waals surface area contributed by atoms with Gasteiger partial charge >= 0.3 is 13.7 Å². The van der Waals surface area contributed by atoms with Crippen LogP contribution in [0.25, 0.3) is 0 Å². The molecule has 3 aromatic rings. The fraction of sp³-hybridized carbons (Fsp3) is 0.136. The maximum Gasteiger partial charge on any atom is 0.457 e. The van der Waals surface area contributed by atoms with Gasteiger partial charge in [0.1, 0.15) is 6.61 Å². The molecule has 2 aliphatic heterocycles. The third-order valence-electron chi connectivity index (χ3n) is 4.80. The van der Waals surface area contributed by atoms with Crippen molar-refractivity contribution >= 4 is 13.7 Å². The van der Waals surface area contributed by atoms with Crippen molar-refractivity contribution in [3.8, 4) is 23.0 Å². The number of carbonyl (C=O) groups excluding carboxylic acids is 1. The first kappa shape index (κ1) is 19.3. The molecule has 1 amide bonds. The van der Waals surface area contributed by atoms with Crippen molar-refractivity contribution in [3.05, 3.63) is 83.9 Å². The van der Waals surface area contributed by atoms with E-state index in [1.165, 1.54) is 0 Å². The fourth-order valence-electron chi connectivity index (χ4n) is 3.30. The van der Waals surface area contributed by atoms with Crippen LogP contribution in [0.15, 0.2) is 72.8 Å². The van der Waals surface area contributed by atoms with E-state index in [9.17, 15) is 9.36 Å². The largest absolute Gasteiger partial charge is 0.457 e. The topological polar surface area (TPSA) is 92.3 Å². The highest BCUT2D eigenvalue weighted by molar-refractivity contribution is 7.55. The van der Waals surface area contributed by atoms with E-state index in [1.807, 2.05) is 30.3 Å². The standard InChI is InChI=1S/C22H18NO7P/c24-22(26-13-15-6-2-1-3-7-15)23-21(16-10-11-17-20(12-16)28-14-27-17)31(25)29-18-8-4-5-9-19(18)30-31/h1-12,21H,13-14H2,(H,23,24). The van der Waals surface area contributed by atoms with Crippen molar-refractivity contribution in [2.75, 3.05) is 6.79 Å². The van der Waals surface area contributed by atoms with Crippen LogP contribution < -0.4 is 23.8 Å². The minimum atomic E-state index is -3.87. The Morgan fingerprint density at radius 2 is 1.58 bits per heavy atom. The van der Waals surface area contributed by atoms with Crippen molar-refractivity contribution in [2.45, 2.75) is 12.4 Å². The lowest BCUT2D eigenvalue weighted by atomic mass is 10.2. The van der Waals surface area contributed by atoms with Crippen LogP contribution in [0.5, 0.6) is 23.0 Å². The van der Waals surface area contributed by atoms with E-state index in [-0.39, 0.29) is 13.4 Å². The molecule has 9 heteroatoms. The number of fused-ring (bicyclic) bond motifs is 2. The zero-order valence-corrected chi connectivity index (χ0v) is 17.1. The van der Waals surface area contributed by atoms with Crippen LogP contribution in [0.1, 0.15) is 16.9 Å². The Kier molecular flexibility index (Phi) is 4.92. The molecule has 8 nitrogen and oxygen atoms in total. The molecule has 1 atom stereocenters. The number of nitrogens with one attached hydrogen (secondary N) is 1. The first-order valence-corrected chi connectivity index (χ1v) is 11.2. The maximum atomic E-state index is 13.7. The molecule has 0 aliphatic carbocycles. The summed E-state index contributed by atoms with van der Waals surface area (Å²) < 4.78 is 41.1. The Bertz CT molecular complexity index is 1140. The van der Waals surface area contributed by atoms with E-state index >= 15 is 0 Å². The number of rotatable bonds is 5. The lowest BCUT2D eigenvalue weighted by Gasteiger charge is -2.23. The van der Waals surface area contributed by atoms with E-state index < -0.39 is 19.5 Å². The van der Waals surface area contributed by atoms with Crippen LogP contribution in [0.3, 0.4) is 0 Å². The van der Waals surface area contributed by atoms with Crippen molar-refractivity contribution in [1.82, 2.24) is 5.32 Å². The van der Waals surface area contributed by atoms with Crippen LogP contribution in [0, 0.1) is 0 Å². The number of alkyl carbamates (subject to hydrolysis) is 1. The normalized spacial score (nSPS) is 15.9. The van der Waals surface area contributed by atoms with Gasteiger partial charge in [0, 0.05) is 0 Å². The number of amides is 1. The van der Waals surface area contributed by atoms with Gasteiger partial charge in [-0.1, -0.05) is 48.5 Å². The molecule has 0 radical (unpaired) electrons. The zero-order chi connectivity index (χ0) is 21.3. The van der Waals surface area contributed by atoms with Crippen molar-refractivity contribution in [2.24, 2.45) is 0 Å². The molecule has 2 aliphatic rings. The predicted molar refractivity (Wildman–Crippen MR) is 110 cm³/mol. The monoisotopic (exact) mass is 439 g/mol. The number of benzene rings is 3. The summed E-state index contributed by atoms with van der Waals surface area (Å²) >= 11 is 0. The van der Waals surface area contributed by atoms with Crippen LogP contribution in [0.2, 0.25) is 0 Å². The van der Waals surface area contributed by atoms with Crippen LogP contribution in [-0.2, 0) is 15.9 Å². The van der Waals surface area contributed by atoms with Crippen LogP contribution >= 0.6 is 7.60 Å². The first-order valence-electron chi connectivity index (χ1n) is 9.55. The molecule has 1 N–H and O–H groups in total. The molecule has 2 heterocycles. The molecule has 0 spiro atoms. The summed E-state index contributed by atoms with van der Waals surface area (Å²) in [5.41, 5.74) is 1.29. The molecule has 0 aromatic heterocycles. The van der Waals surface area contributed by atoms with Crippen molar-refractivity contribution in [1.29, 1.82) is 0 Å². The number of hydrogen-bond donors (Lipinski definition) is 1. The van der Waals surface area contributed by atoms with Crippen molar-refractivity contribution < 1.29 is 32.6 Å². The number of para-hydroxylation sites is 2. The average Bonchev–Trinajstić information content (AvgIpc) is 3.40. The Hall–Kier alpha value is -3.64. The lowest BCUT2D eigenvalue weighted by Crippen LogP contribution is -2.30. The van der Waals surface area contributed by atoms with E-state index in [1.54, 1.807) is 42.5 Å². The summed E-state index contributed by atoms with van der Waals surface area (Å²) in [6.07, 6.45) is -0.759. The quantitative estimate of drug-likeness (QED) is 0.559. The summed E-state index contributed by atoms with van der Waals surface area (Å²) in [5, 5.41) is 2.64. The summed E-state index contributed by atoms with van der Waals surface area (Å²) in [6, 6.07) is 21.0. The second-order valence-electron chi connectivity index (χ2n) is 6.89.